The fourth-order valence-electron chi connectivity index (χ4n) is 2.29. The third kappa shape index (κ3) is 4.04. The van der Waals surface area contributed by atoms with Crippen molar-refractivity contribution in [3.8, 4) is 0 Å². The Morgan fingerprint density at radius 2 is 2.12 bits per heavy atom. The van der Waals surface area contributed by atoms with Crippen LogP contribution in [0.3, 0.4) is 0 Å². The predicted molar refractivity (Wildman–Crippen MR) is 66.5 cm³/mol. The van der Waals surface area contributed by atoms with Crippen LogP contribution in [0.4, 0.5) is 0 Å². The maximum absolute atomic E-state index is 9.45. The molecule has 0 aromatic heterocycles. The molecule has 1 rings (SSSR count). The minimum atomic E-state index is 0.0789. The molecule has 1 fully saturated rings. The van der Waals surface area contributed by atoms with Gasteiger partial charge in [-0.2, -0.15) is 0 Å². The topological polar surface area (TPSA) is 41.5 Å². The van der Waals surface area contributed by atoms with Crippen molar-refractivity contribution in [3.63, 3.8) is 0 Å². The lowest BCUT2D eigenvalue weighted by Gasteiger charge is -2.31. The first kappa shape index (κ1) is 13.9. The zero-order valence-corrected chi connectivity index (χ0v) is 10.8. The van der Waals surface area contributed by atoms with Gasteiger partial charge in [0.1, 0.15) is 0 Å². The highest BCUT2D eigenvalue weighted by Gasteiger charge is 2.25. The second-order valence-electron chi connectivity index (χ2n) is 5.08. The number of ether oxygens (including phenoxy) is 1. The molecule has 0 saturated carbocycles. The summed E-state index contributed by atoms with van der Waals surface area (Å²) in [6, 6.07) is 0. The van der Waals surface area contributed by atoms with Gasteiger partial charge >= 0.3 is 0 Å². The van der Waals surface area contributed by atoms with Gasteiger partial charge in [-0.15, -0.1) is 0 Å². The number of aliphatic hydroxyl groups excluding tert-OH is 1. The molecule has 1 aliphatic rings. The standard InChI is InChI=1S/C13H27NO2/c1-3-13(4-2,11-15)10-14-8-12-6-5-7-16-9-12/h12,14-15H,3-11H2,1-2H3. The Bertz CT molecular complexity index is 167. The van der Waals surface area contributed by atoms with Crippen LogP contribution in [0.1, 0.15) is 39.5 Å². The normalized spacial score (nSPS) is 22.3. The quantitative estimate of drug-likeness (QED) is 0.699. The molecule has 1 heterocycles. The molecule has 1 unspecified atom stereocenters. The first-order valence-corrected chi connectivity index (χ1v) is 6.65. The van der Waals surface area contributed by atoms with Crippen LogP contribution in [0.5, 0.6) is 0 Å². The fraction of sp³-hybridized carbons (Fsp3) is 1.00. The van der Waals surface area contributed by atoms with Gasteiger partial charge in [0, 0.05) is 31.7 Å². The van der Waals surface area contributed by atoms with Crippen LogP contribution in [0.15, 0.2) is 0 Å². The molecule has 2 N–H and O–H groups in total. The Labute approximate surface area is 99.6 Å². The zero-order chi connectivity index (χ0) is 11.9. The molecule has 0 aliphatic carbocycles. The van der Waals surface area contributed by atoms with Crippen LogP contribution >= 0.6 is 0 Å². The molecule has 16 heavy (non-hydrogen) atoms. The van der Waals surface area contributed by atoms with Crippen molar-refractivity contribution in [1.29, 1.82) is 0 Å². The lowest BCUT2D eigenvalue weighted by Crippen LogP contribution is -2.39. The van der Waals surface area contributed by atoms with E-state index in [1.807, 2.05) is 0 Å². The Morgan fingerprint density at radius 1 is 1.38 bits per heavy atom. The van der Waals surface area contributed by atoms with Crippen molar-refractivity contribution in [2.75, 3.05) is 32.9 Å². The van der Waals surface area contributed by atoms with Crippen LogP contribution in [0.25, 0.3) is 0 Å². The minimum Gasteiger partial charge on any atom is -0.396 e. The van der Waals surface area contributed by atoms with Crippen molar-refractivity contribution in [2.24, 2.45) is 11.3 Å². The first-order chi connectivity index (χ1) is 7.76. The van der Waals surface area contributed by atoms with Crippen molar-refractivity contribution in [2.45, 2.75) is 39.5 Å². The highest BCUT2D eigenvalue weighted by atomic mass is 16.5. The summed E-state index contributed by atoms with van der Waals surface area (Å²) in [5.41, 5.74) is 0.0789. The van der Waals surface area contributed by atoms with Crippen molar-refractivity contribution < 1.29 is 9.84 Å². The molecule has 0 aromatic carbocycles. The number of hydrogen-bond acceptors (Lipinski definition) is 3. The summed E-state index contributed by atoms with van der Waals surface area (Å²) in [6.45, 7) is 8.39. The molecule has 0 bridgehead atoms. The summed E-state index contributed by atoms with van der Waals surface area (Å²) in [6.07, 6.45) is 4.54. The van der Waals surface area contributed by atoms with Crippen molar-refractivity contribution in [3.05, 3.63) is 0 Å². The maximum Gasteiger partial charge on any atom is 0.0506 e. The first-order valence-electron chi connectivity index (χ1n) is 6.65. The molecule has 1 aliphatic heterocycles. The van der Waals surface area contributed by atoms with Gasteiger partial charge in [0.25, 0.3) is 0 Å². The zero-order valence-electron chi connectivity index (χ0n) is 10.8. The van der Waals surface area contributed by atoms with E-state index in [-0.39, 0.29) is 12.0 Å². The van der Waals surface area contributed by atoms with E-state index in [2.05, 4.69) is 19.2 Å². The Hall–Kier alpha value is -0.120. The second kappa shape index (κ2) is 7.25. The SMILES string of the molecule is CCC(CC)(CO)CNCC1CCCOC1. The van der Waals surface area contributed by atoms with Gasteiger partial charge in [-0.3, -0.25) is 0 Å². The molecule has 0 spiro atoms. The van der Waals surface area contributed by atoms with Gasteiger partial charge in [0.15, 0.2) is 0 Å². The summed E-state index contributed by atoms with van der Waals surface area (Å²) in [4.78, 5) is 0. The fourth-order valence-corrected chi connectivity index (χ4v) is 2.29. The maximum atomic E-state index is 9.45. The monoisotopic (exact) mass is 229 g/mol. The lowest BCUT2D eigenvalue weighted by atomic mass is 9.83. The third-order valence-corrected chi connectivity index (χ3v) is 4.02. The third-order valence-electron chi connectivity index (χ3n) is 4.02. The van der Waals surface area contributed by atoms with E-state index in [0.717, 1.165) is 39.1 Å². The molecule has 0 radical (unpaired) electrons. The van der Waals surface area contributed by atoms with Gasteiger partial charge in [0.05, 0.1) is 6.61 Å². The second-order valence-corrected chi connectivity index (χ2v) is 5.08. The molecule has 1 saturated heterocycles. The molecule has 3 heteroatoms. The Balaban J connectivity index is 2.21. The van der Waals surface area contributed by atoms with Gasteiger partial charge in [-0.1, -0.05) is 13.8 Å². The predicted octanol–water partition coefficient (Wildman–Crippen LogP) is 1.80. The highest BCUT2D eigenvalue weighted by molar-refractivity contribution is 4.79. The summed E-state index contributed by atoms with van der Waals surface area (Å²) in [5.74, 6) is 0.666. The number of hydrogen-bond donors (Lipinski definition) is 2. The number of aliphatic hydroxyl groups is 1. The summed E-state index contributed by atoms with van der Waals surface area (Å²) in [5, 5.41) is 13.0. The average molecular weight is 229 g/mol. The van der Waals surface area contributed by atoms with Gasteiger partial charge in [-0.05, 0) is 31.6 Å². The van der Waals surface area contributed by atoms with Crippen LogP contribution in [-0.2, 0) is 4.74 Å². The molecular weight excluding hydrogens is 202 g/mol. The van der Waals surface area contributed by atoms with Crippen LogP contribution < -0.4 is 5.32 Å². The average Bonchev–Trinajstić information content (AvgIpc) is 2.37. The van der Waals surface area contributed by atoms with Crippen LogP contribution in [-0.4, -0.2) is 38.0 Å². The Kier molecular flexibility index (Phi) is 6.32. The van der Waals surface area contributed by atoms with E-state index < -0.39 is 0 Å². The molecule has 0 amide bonds. The molecule has 3 nitrogen and oxygen atoms in total. The summed E-state index contributed by atoms with van der Waals surface area (Å²) >= 11 is 0. The minimum absolute atomic E-state index is 0.0789. The van der Waals surface area contributed by atoms with Gasteiger partial charge in [0.2, 0.25) is 0 Å². The summed E-state index contributed by atoms with van der Waals surface area (Å²) < 4.78 is 5.45. The van der Waals surface area contributed by atoms with Crippen molar-refractivity contribution in [1.82, 2.24) is 5.32 Å². The highest BCUT2D eigenvalue weighted by Crippen LogP contribution is 2.24. The van der Waals surface area contributed by atoms with Gasteiger partial charge < -0.3 is 15.2 Å². The molecule has 0 aromatic rings. The van der Waals surface area contributed by atoms with E-state index in [1.165, 1.54) is 12.8 Å². The molecule has 96 valence electrons. The molecule has 1 atom stereocenters. The number of rotatable bonds is 7. The van der Waals surface area contributed by atoms with Crippen molar-refractivity contribution >= 4 is 0 Å². The number of nitrogens with one attached hydrogen (secondary N) is 1. The molecular formula is C13H27NO2. The van der Waals surface area contributed by atoms with E-state index in [4.69, 9.17) is 4.74 Å². The van der Waals surface area contributed by atoms with E-state index in [1.54, 1.807) is 0 Å². The Morgan fingerprint density at radius 3 is 2.62 bits per heavy atom. The largest absolute Gasteiger partial charge is 0.396 e. The van der Waals surface area contributed by atoms with Crippen LogP contribution in [0, 0.1) is 11.3 Å². The van der Waals surface area contributed by atoms with E-state index in [9.17, 15) is 5.11 Å². The van der Waals surface area contributed by atoms with Gasteiger partial charge in [-0.25, -0.2) is 0 Å². The van der Waals surface area contributed by atoms with Crippen LogP contribution in [0.2, 0.25) is 0 Å². The smallest absolute Gasteiger partial charge is 0.0506 e. The van der Waals surface area contributed by atoms with E-state index in [0.29, 0.717) is 5.92 Å². The summed E-state index contributed by atoms with van der Waals surface area (Å²) in [7, 11) is 0. The lowest BCUT2D eigenvalue weighted by molar-refractivity contribution is 0.0512. The van der Waals surface area contributed by atoms with E-state index >= 15 is 0 Å².